The summed E-state index contributed by atoms with van der Waals surface area (Å²) in [6.07, 6.45) is -0.421. The molecular weight excluding hydrogens is 538 g/mol. The van der Waals surface area contributed by atoms with Crippen LogP contribution in [0.5, 0.6) is 0 Å². The molecule has 43 heavy (non-hydrogen) atoms. The maximum absolute atomic E-state index is 10.3. The molecule has 5 aromatic rings. The molecule has 1 heterocycles. The minimum absolute atomic E-state index is 0.0676. The third-order valence-electron chi connectivity index (χ3n) is 6.86. The highest BCUT2D eigenvalue weighted by molar-refractivity contribution is 5.87. The topological polar surface area (TPSA) is 105 Å². The van der Waals surface area contributed by atoms with Crippen LogP contribution in [-0.4, -0.2) is 23.9 Å². The summed E-state index contributed by atoms with van der Waals surface area (Å²) in [7, 11) is 0. The Bertz CT molecular complexity index is 1630. The van der Waals surface area contributed by atoms with Crippen molar-refractivity contribution in [2.24, 2.45) is 5.11 Å². The molecule has 0 unspecified atom stereocenters. The third-order valence-corrected chi connectivity index (χ3v) is 6.86. The van der Waals surface area contributed by atoms with Crippen molar-refractivity contribution in [3.05, 3.63) is 148 Å². The zero-order valence-corrected chi connectivity index (χ0v) is 23.6. The van der Waals surface area contributed by atoms with Crippen molar-refractivity contribution in [3.8, 4) is 28.6 Å². The summed E-state index contributed by atoms with van der Waals surface area (Å²) in [6, 6.07) is 41.3. The second kappa shape index (κ2) is 15.2. The van der Waals surface area contributed by atoms with E-state index in [4.69, 9.17) is 14.2 Å². The second-order valence-corrected chi connectivity index (χ2v) is 9.80. The first-order valence-electron chi connectivity index (χ1n) is 14.0. The first kappa shape index (κ1) is 29.3. The van der Waals surface area contributed by atoms with E-state index >= 15 is 0 Å². The lowest BCUT2D eigenvalue weighted by Crippen LogP contribution is -2.27. The van der Waals surface area contributed by atoms with Gasteiger partial charge in [-0.2, -0.15) is 5.26 Å². The molecule has 0 aliphatic carbocycles. The molecule has 0 N–H and O–H groups in total. The van der Waals surface area contributed by atoms with Gasteiger partial charge in [-0.15, -0.1) is 0 Å². The molecule has 5 rings (SSSR count). The largest absolute Gasteiger partial charge is 0.374 e. The number of azide groups is 1. The van der Waals surface area contributed by atoms with Gasteiger partial charge in [0.2, 0.25) is 0 Å². The summed E-state index contributed by atoms with van der Waals surface area (Å²) in [5.74, 6) is 0. The Labute approximate surface area is 251 Å². The summed E-state index contributed by atoms with van der Waals surface area (Å²) in [4.78, 5) is 3.06. The van der Waals surface area contributed by atoms with E-state index in [0.29, 0.717) is 37.8 Å². The smallest absolute Gasteiger partial charge is 0.124 e. The summed E-state index contributed by atoms with van der Waals surface area (Å²) in [5, 5.41) is 14.3. The van der Waals surface area contributed by atoms with Crippen LogP contribution < -0.4 is 0 Å². The standard InChI is InChI=1S/C35H31N5O3/c36-21-32-33(38-39-37)35(30-19-11-4-12-20-30)40(34(32)29-17-9-3-10-18-29)26-43-31(24-41-22-27-13-5-1-6-14-27)25-42-23-28-15-7-2-8-16-28/h1-20,31H,22-26H2. The number of hydrogen-bond donors (Lipinski definition) is 0. The van der Waals surface area contributed by atoms with Crippen LogP contribution in [0, 0.1) is 11.3 Å². The Kier molecular flexibility index (Phi) is 10.4. The Morgan fingerprint density at radius 2 is 1.16 bits per heavy atom. The van der Waals surface area contributed by atoms with Gasteiger partial charge >= 0.3 is 0 Å². The van der Waals surface area contributed by atoms with Crippen molar-refractivity contribution in [1.82, 2.24) is 4.57 Å². The molecule has 0 saturated heterocycles. The maximum Gasteiger partial charge on any atom is 0.124 e. The van der Waals surface area contributed by atoms with Crippen molar-refractivity contribution in [3.63, 3.8) is 0 Å². The van der Waals surface area contributed by atoms with Gasteiger partial charge in [-0.25, -0.2) is 0 Å². The molecule has 0 fully saturated rings. The molecule has 4 aromatic carbocycles. The van der Waals surface area contributed by atoms with Crippen LogP contribution in [0.15, 0.2) is 126 Å². The molecule has 214 valence electrons. The van der Waals surface area contributed by atoms with E-state index < -0.39 is 6.10 Å². The number of nitrogens with zero attached hydrogens (tertiary/aromatic N) is 5. The number of benzene rings is 4. The SMILES string of the molecule is N#Cc1c(N=[N+]=[N-])c(-c2ccccc2)n(COC(COCc2ccccc2)COCc2ccccc2)c1-c1ccccc1. The normalized spacial score (nSPS) is 10.8. The zero-order chi connectivity index (χ0) is 29.7. The van der Waals surface area contributed by atoms with Crippen molar-refractivity contribution < 1.29 is 14.2 Å². The molecule has 0 spiro atoms. The number of nitriles is 1. The second-order valence-electron chi connectivity index (χ2n) is 9.80. The van der Waals surface area contributed by atoms with Gasteiger partial charge in [0.1, 0.15) is 18.9 Å². The fraction of sp³-hybridized carbons (Fsp3) is 0.171. The van der Waals surface area contributed by atoms with Gasteiger partial charge in [-0.05, 0) is 27.8 Å². The van der Waals surface area contributed by atoms with Crippen molar-refractivity contribution in [1.29, 1.82) is 5.26 Å². The van der Waals surface area contributed by atoms with Crippen molar-refractivity contribution >= 4 is 5.69 Å². The van der Waals surface area contributed by atoms with Gasteiger partial charge < -0.3 is 18.8 Å². The summed E-state index contributed by atoms with van der Waals surface area (Å²) < 4.78 is 20.5. The van der Waals surface area contributed by atoms with E-state index in [0.717, 1.165) is 22.3 Å². The minimum Gasteiger partial charge on any atom is -0.374 e. The lowest BCUT2D eigenvalue weighted by atomic mass is 10.1. The van der Waals surface area contributed by atoms with E-state index in [1.165, 1.54) is 0 Å². The summed E-state index contributed by atoms with van der Waals surface area (Å²) >= 11 is 0. The average Bonchev–Trinajstić information content (AvgIpc) is 3.38. The fourth-order valence-corrected chi connectivity index (χ4v) is 4.86. The lowest BCUT2D eigenvalue weighted by molar-refractivity contribution is -0.0866. The average molecular weight is 570 g/mol. The highest BCUT2D eigenvalue weighted by Gasteiger charge is 2.25. The molecule has 8 heteroatoms. The van der Waals surface area contributed by atoms with E-state index in [9.17, 15) is 10.8 Å². The van der Waals surface area contributed by atoms with Crippen LogP contribution in [0.2, 0.25) is 0 Å². The highest BCUT2D eigenvalue weighted by atomic mass is 16.6. The Hall–Kier alpha value is -5.16. The molecule has 0 bridgehead atoms. The summed E-state index contributed by atoms with van der Waals surface area (Å²) in [5.41, 5.74) is 14.9. The van der Waals surface area contributed by atoms with Gasteiger partial charge in [0.05, 0.1) is 49.1 Å². The van der Waals surface area contributed by atoms with Crippen LogP contribution in [-0.2, 0) is 34.2 Å². The Morgan fingerprint density at radius 1 is 0.698 bits per heavy atom. The molecule has 0 atom stereocenters. The molecule has 0 radical (unpaired) electrons. The van der Waals surface area contributed by atoms with Gasteiger partial charge in [0.25, 0.3) is 0 Å². The van der Waals surface area contributed by atoms with Crippen LogP contribution in [0.3, 0.4) is 0 Å². The van der Waals surface area contributed by atoms with Gasteiger partial charge in [0, 0.05) is 4.91 Å². The molecule has 0 saturated carbocycles. The molecule has 1 aromatic heterocycles. The van der Waals surface area contributed by atoms with Gasteiger partial charge in [0.15, 0.2) is 0 Å². The predicted octanol–water partition coefficient (Wildman–Crippen LogP) is 8.41. The van der Waals surface area contributed by atoms with E-state index in [1.54, 1.807) is 0 Å². The molecule has 0 amide bonds. The Morgan fingerprint density at radius 3 is 1.63 bits per heavy atom. The zero-order valence-electron chi connectivity index (χ0n) is 23.6. The monoisotopic (exact) mass is 569 g/mol. The van der Waals surface area contributed by atoms with Crippen LogP contribution in [0.4, 0.5) is 5.69 Å². The lowest BCUT2D eigenvalue weighted by Gasteiger charge is -2.21. The van der Waals surface area contributed by atoms with Crippen LogP contribution in [0.1, 0.15) is 16.7 Å². The quantitative estimate of drug-likeness (QED) is 0.0760. The van der Waals surface area contributed by atoms with Crippen LogP contribution >= 0.6 is 0 Å². The Balaban J connectivity index is 1.46. The predicted molar refractivity (Wildman–Crippen MR) is 166 cm³/mol. The highest BCUT2D eigenvalue weighted by Crippen LogP contribution is 2.42. The molecule has 8 nitrogen and oxygen atoms in total. The van der Waals surface area contributed by atoms with Gasteiger partial charge in [-0.3, -0.25) is 0 Å². The summed E-state index contributed by atoms with van der Waals surface area (Å²) in [6.45, 7) is 1.53. The maximum atomic E-state index is 10.3. The van der Waals surface area contributed by atoms with E-state index in [1.807, 2.05) is 126 Å². The molecule has 0 aliphatic rings. The molecule has 0 aliphatic heterocycles. The minimum atomic E-state index is -0.421. The number of hydrogen-bond acceptors (Lipinski definition) is 5. The first-order valence-corrected chi connectivity index (χ1v) is 14.0. The fourth-order valence-electron chi connectivity index (χ4n) is 4.86. The van der Waals surface area contributed by atoms with Crippen LogP contribution in [0.25, 0.3) is 33.0 Å². The van der Waals surface area contributed by atoms with E-state index in [-0.39, 0.29) is 18.0 Å². The number of aromatic nitrogens is 1. The van der Waals surface area contributed by atoms with Crippen molar-refractivity contribution in [2.75, 3.05) is 13.2 Å². The third kappa shape index (κ3) is 7.57. The molecular formula is C35H31N5O3. The first-order chi connectivity index (χ1) is 21.3. The number of ether oxygens (including phenoxy) is 3. The van der Waals surface area contributed by atoms with E-state index in [2.05, 4.69) is 16.1 Å². The van der Waals surface area contributed by atoms with Gasteiger partial charge in [-0.1, -0.05) is 126 Å². The van der Waals surface area contributed by atoms with Crippen molar-refractivity contribution in [2.45, 2.75) is 26.0 Å². The number of rotatable bonds is 14.